The number of ketones is 1. The molecule has 2 rings (SSSR count). The molecule has 0 saturated heterocycles. The molecule has 162 valence electrons. The van der Waals surface area contributed by atoms with Gasteiger partial charge in [-0.05, 0) is 52.6 Å². The fraction of sp³-hybridized carbons (Fsp3) is 0.160. The van der Waals surface area contributed by atoms with Crippen LogP contribution in [0.3, 0.4) is 0 Å². The van der Waals surface area contributed by atoms with Crippen LogP contribution in [0.1, 0.15) is 22.3 Å². The molecule has 6 nitrogen and oxygen atoms in total. The van der Waals surface area contributed by atoms with Crippen LogP contribution in [0.25, 0.3) is 12.2 Å². The molecule has 0 aliphatic rings. The highest BCUT2D eigenvalue weighted by Gasteiger charge is 2.03. The van der Waals surface area contributed by atoms with E-state index in [2.05, 4.69) is 0 Å². The summed E-state index contributed by atoms with van der Waals surface area (Å²) in [6.45, 7) is -0.294. The summed E-state index contributed by atoms with van der Waals surface area (Å²) in [6, 6.07) is 10.6. The molecule has 2 aromatic rings. The van der Waals surface area contributed by atoms with Crippen molar-refractivity contribution in [2.45, 2.75) is 13.2 Å². The number of aliphatic hydroxyl groups is 3. The molecule has 0 saturated carbocycles. The molecule has 0 amide bonds. The summed E-state index contributed by atoms with van der Waals surface area (Å²) in [5.41, 5.74) is 2.93. The zero-order valence-corrected chi connectivity index (χ0v) is 17.5. The van der Waals surface area contributed by atoms with Crippen molar-refractivity contribution in [1.82, 2.24) is 0 Å². The van der Waals surface area contributed by atoms with Crippen molar-refractivity contribution < 1.29 is 29.6 Å². The SMILES string of the molecule is COc1ccc(/C=C/C(O)=CC(=O)/C=C/C=C/c2ccc(CO)c(CO)c2)cc1OC. The Bertz CT molecular complexity index is 1010. The van der Waals surface area contributed by atoms with Crippen molar-refractivity contribution in [3.8, 4) is 11.5 Å². The van der Waals surface area contributed by atoms with Crippen molar-refractivity contribution in [2.75, 3.05) is 14.2 Å². The number of carbonyl (C=O) groups is 1. The quantitative estimate of drug-likeness (QED) is 0.304. The fourth-order valence-electron chi connectivity index (χ4n) is 2.75. The lowest BCUT2D eigenvalue weighted by Gasteiger charge is -2.07. The highest BCUT2D eigenvalue weighted by Crippen LogP contribution is 2.28. The fourth-order valence-corrected chi connectivity index (χ4v) is 2.75. The minimum atomic E-state index is -0.370. The molecule has 31 heavy (non-hydrogen) atoms. The molecule has 0 unspecified atom stereocenters. The molecule has 3 N–H and O–H groups in total. The van der Waals surface area contributed by atoms with Crippen LogP contribution in [0.15, 0.2) is 72.5 Å². The predicted molar refractivity (Wildman–Crippen MR) is 121 cm³/mol. The van der Waals surface area contributed by atoms with Crippen molar-refractivity contribution in [2.24, 2.45) is 0 Å². The van der Waals surface area contributed by atoms with Gasteiger partial charge in [0.2, 0.25) is 0 Å². The molecule has 0 aliphatic heterocycles. The van der Waals surface area contributed by atoms with Crippen LogP contribution >= 0.6 is 0 Å². The Morgan fingerprint density at radius 3 is 2.19 bits per heavy atom. The molecule has 0 fully saturated rings. The van der Waals surface area contributed by atoms with Gasteiger partial charge in [-0.2, -0.15) is 0 Å². The highest BCUT2D eigenvalue weighted by molar-refractivity contribution is 6.00. The number of ether oxygens (including phenoxy) is 2. The number of allylic oxidation sites excluding steroid dienone is 5. The third kappa shape index (κ3) is 7.29. The van der Waals surface area contributed by atoms with Crippen LogP contribution in [-0.4, -0.2) is 35.3 Å². The Kier molecular flexibility index (Phi) is 9.29. The van der Waals surface area contributed by atoms with E-state index in [1.165, 1.54) is 19.3 Å². The first-order valence-corrected chi connectivity index (χ1v) is 9.53. The van der Waals surface area contributed by atoms with Crippen molar-refractivity contribution >= 4 is 17.9 Å². The Hall–Kier alpha value is -3.61. The average molecular weight is 422 g/mol. The van der Waals surface area contributed by atoms with Crippen molar-refractivity contribution in [1.29, 1.82) is 0 Å². The van der Waals surface area contributed by atoms with Crippen LogP contribution in [0.4, 0.5) is 0 Å². The molecule has 6 heteroatoms. The molecule has 0 radical (unpaired) electrons. The van der Waals surface area contributed by atoms with Gasteiger partial charge in [0.25, 0.3) is 0 Å². The van der Waals surface area contributed by atoms with Gasteiger partial charge in [-0.3, -0.25) is 4.79 Å². The van der Waals surface area contributed by atoms with Gasteiger partial charge in [0, 0.05) is 6.08 Å². The maximum Gasteiger partial charge on any atom is 0.182 e. The summed E-state index contributed by atoms with van der Waals surface area (Å²) in [7, 11) is 3.09. The molecule has 0 heterocycles. The van der Waals surface area contributed by atoms with Gasteiger partial charge >= 0.3 is 0 Å². The molecule has 0 aliphatic carbocycles. The normalized spacial score (nSPS) is 12.2. The first-order valence-electron chi connectivity index (χ1n) is 9.53. The van der Waals surface area contributed by atoms with E-state index >= 15 is 0 Å². The summed E-state index contributed by atoms with van der Waals surface area (Å²) in [4.78, 5) is 12.0. The summed E-state index contributed by atoms with van der Waals surface area (Å²) in [5.74, 6) is 0.618. The first-order chi connectivity index (χ1) is 15.0. The second-order valence-corrected chi connectivity index (χ2v) is 6.48. The zero-order chi connectivity index (χ0) is 22.6. The maximum absolute atomic E-state index is 12.0. The molecule has 0 atom stereocenters. The van der Waals surface area contributed by atoms with E-state index in [1.54, 1.807) is 61.7 Å². The third-order valence-electron chi connectivity index (χ3n) is 4.38. The summed E-state index contributed by atoms with van der Waals surface area (Å²) < 4.78 is 10.4. The predicted octanol–water partition coefficient (Wildman–Crippen LogP) is 3.98. The topological polar surface area (TPSA) is 96.2 Å². The zero-order valence-electron chi connectivity index (χ0n) is 17.5. The lowest BCUT2D eigenvalue weighted by Crippen LogP contribution is -1.94. The summed E-state index contributed by atoms with van der Waals surface area (Å²) >= 11 is 0. The number of hydrogen-bond acceptors (Lipinski definition) is 6. The Balaban J connectivity index is 1.98. The van der Waals surface area contributed by atoms with Gasteiger partial charge < -0.3 is 24.8 Å². The van der Waals surface area contributed by atoms with Crippen LogP contribution in [-0.2, 0) is 18.0 Å². The van der Waals surface area contributed by atoms with E-state index in [0.717, 1.165) is 17.2 Å². The molecular weight excluding hydrogens is 396 g/mol. The van der Waals surface area contributed by atoms with Gasteiger partial charge in [-0.15, -0.1) is 0 Å². The van der Waals surface area contributed by atoms with E-state index < -0.39 is 0 Å². The number of benzene rings is 2. The highest BCUT2D eigenvalue weighted by atomic mass is 16.5. The van der Waals surface area contributed by atoms with E-state index in [1.807, 2.05) is 6.07 Å². The van der Waals surface area contributed by atoms with Crippen LogP contribution < -0.4 is 9.47 Å². The van der Waals surface area contributed by atoms with Crippen molar-refractivity contribution in [3.05, 3.63) is 94.8 Å². The number of carbonyl (C=O) groups excluding carboxylic acids is 1. The molecule has 0 spiro atoms. The first kappa shape index (κ1) is 23.7. The summed E-state index contributed by atoms with van der Waals surface area (Å²) in [6.07, 6.45) is 10.5. The van der Waals surface area contributed by atoms with Crippen LogP contribution in [0.2, 0.25) is 0 Å². The Labute approximate surface area is 181 Å². The number of hydrogen-bond donors (Lipinski definition) is 3. The van der Waals surface area contributed by atoms with E-state index in [0.29, 0.717) is 22.6 Å². The molecular formula is C25H26O6. The minimum absolute atomic E-state index is 0.134. The van der Waals surface area contributed by atoms with Crippen LogP contribution in [0, 0.1) is 0 Å². The minimum Gasteiger partial charge on any atom is -0.508 e. The van der Waals surface area contributed by atoms with E-state index in [-0.39, 0.29) is 24.8 Å². The number of methoxy groups -OCH3 is 2. The van der Waals surface area contributed by atoms with E-state index in [4.69, 9.17) is 9.47 Å². The smallest absolute Gasteiger partial charge is 0.182 e. The van der Waals surface area contributed by atoms with Gasteiger partial charge in [-0.25, -0.2) is 0 Å². The van der Waals surface area contributed by atoms with Gasteiger partial charge in [0.1, 0.15) is 5.76 Å². The van der Waals surface area contributed by atoms with E-state index in [9.17, 15) is 20.1 Å². The Morgan fingerprint density at radius 1 is 0.839 bits per heavy atom. The standard InChI is InChI=1S/C25H26O6/c1-30-24-12-9-19(14-25(24)31-2)8-11-23(29)15-22(28)6-4-3-5-18-7-10-20(16-26)21(13-18)17-27/h3-15,26-27,29H,16-17H2,1-2H3/b5-3+,6-4+,11-8+,23-15?. The largest absolute Gasteiger partial charge is 0.508 e. The number of aliphatic hydroxyl groups excluding tert-OH is 3. The lowest BCUT2D eigenvalue weighted by atomic mass is 10.0. The van der Waals surface area contributed by atoms with Crippen LogP contribution in [0.5, 0.6) is 11.5 Å². The summed E-state index contributed by atoms with van der Waals surface area (Å²) in [5, 5.41) is 28.5. The van der Waals surface area contributed by atoms with Gasteiger partial charge in [0.05, 0.1) is 27.4 Å². The van der Waals surface area contributed by atoms with Gasteiger partial charge in [0.15, 0.2) is 17.3 Å². The number of rotatable bonds is 10. The lowest BCUT2D eigenvalue weighted by molar-refractivity contribution is -0.110. The second kappa shape index (κ2) is 12.2. The van der Waals surface area contributed by atoms with Gasteiger partial charge in [-0.1, -0.05) is 42.5 Å². The average Bonchev–Trinajstić information content (AvgIpc) is 2.79. The monoisotopic (exact) mass is 422 g/mol. The molecule has 2 aromatic carbocycles. The molecule has 0 bridgehead atoms. The molecule has 0 aromatic heterocycles. The third-order valence-corrected chi connectivity index (χ3v) is 4.38. The second-order valence-electron chi connectivity index (χ2n) is 6.48. The maximum atomic E-state index is 12.0. The Morgan fingerprint density at radius 2 is 1.52 bits per heavy atom. The van der Waals surface area contributed by atoms with Crippen molar-refractivity contribution in [3.63, 3.8) is 0 Å².